The summed E-state index contributed by atoms with van der Waals surface area (Å²) in [5.41, 5.74) is 7.12. The van der Waals surface area contributed by atoms with E-state index in [1.807, 2.05) is 19.1 Å². The first kappa shape index (κ1) is 15.3. The summed E-state index contributed by atoms with van der Waals surface area (Å²) >= 11 is -3.12. The minimum absolute atomic E-state index is 0.00995. The number of halogens is 1. The molecule has 1 aromatic rings. The van der Waals surface area contributed by atoms with E-state index in [2.05, 4.69) is 24.0 Å². The summed E-state index contributed by atoms with van der Waals surface area (Å²) in [5.74, 6) is 0. The van der Waals surface area contributed by atoms with Gasteiger partial charge in [-0.2, -0.15) is 0 Å². The summed E-state index contributed by atoms with van der Waals surface area (Å²) in [6.45, 7) is 4.91. The molecule has 0 fully saturated rings. The Hall–Kier alpha value is 0.229. The van der Waals surface area contributed by atoms with Gasteiger partial charge in [0.05, 0.1) is 0 Å². The molecule has 0 aliphatic carbocycles. The molecule has 0 aliphatic heterocycles. The summed E-state index contributed by atoms with van der Waals surface area (Å²) in [6, 6.07) is 8.17. The van der Waals surface area contributed by atoms with Crippen LogP contribution in [0, 0.1) is 0 Å². The van der Waals surface area contributed by atoms with Crippen LogP contribution in [0.15, 0.2) is 24.3 Å². The fourth-order valence-electron chi connectivity index (χ4n) is 1.79. The van der Waals surface area contributed by atoms with Crippen LogP contribution in [0.4, 0.5) is 0 Å². The normalized spacial score (nSPS) is 16.5. The Morgan fingerprint density at radius 3 is 2.65 bits per heavy atom. The van der Waals surface area contributed by atoms with Crippen molar-refractivity contribution in [1.29, 1.82) is 0 Å². The molecule has 0 amide bonds. The number of benzene rings is 1. The van der Waals surface area contributed by atoms with E-state index in [1.165, 1.54) is 3.58 Å². The maximum atomic E-state index is 6.68. The Morgan fingerprint density at radius 2 is 2.06 bits per heavy atom. The van der Waals surface area contributed by atoms with Gasteiger partial charge in [-0.1, -0.05) is 0 Å². The van der Waals surface area contributed by atoms with Crippen LogP contribution in [0.2, 0.25) is 4.94 Å². The first-order valence-corrected chi connectivity index (χ1v) is 15.2. The van der Waals surface area contributed by atoms with Crippen LogP contribution in [-0.4, -0.2) is 24.3 Å². The third-order valence-corrected chi connectivity index (χ3v) is 11.1. The van der Waals surface area contributed by atoms with E-state index in [1.54, 1.807) is 0 Å². The Kier molecular flexibility index (Phi) is 6.27. The molecule has 0 radical (unpaired) electrons. The van der Waals surface area contributed by atoms with Crippen molar-refractivity contribution in [3.8, 4) is 0 Å². The van der Waals surface area contributed by atoms with Gasteiger partial charge in [-0.05, 0) is 0 Å². The average molecular weight is 362 g/mol. The summed E-state index contributed by atoms with van der Waals surface area (Å²) in [7, 11) is 6.68. The predicted molar refractivity (Wildman–Crippen MR) is 77.0 cm³/mol. The molecule has 0 saturated heterocycles. The molecule has 0 heterocycles. The second kappa shape index (κ2) is 6.98. The molecule has 4 heteroatoms. The van der Waals surface area contributed by atoms with Crippen molar-refractivity contribution in [2.45, 2.75) is 37.7 Å². The van der Waals surface area contributed by atoms with Crippen LogP contribution < -0.4 is 9.31 Å². The van der Waals surface area contributed by atoms with Gasteiger partial charge in [0, 0.05) is 0 Å². The minimum atomic E-state index is -3.12. The van der Waals surface area contributed by atoms with E-state index in [-0.39, 0.29) is 6.04 Å². The first-order valence-electron chi connectivity index (χ1n) is 6.17. The van der Waals surface area contributed by atoms with E-state index in [0.717, 1.165) is 25.0 Å². The predicted octanol–water partition coefficient (Wildman–Crippen LogP) is 3.04. The fraction of sp³-hybridized carbons (Fsp3) is 0.538. The van der Waals surface area contributed by atoms with Crippen LogP contribution in [0.5, 0.6) is 0 Å². The molecule has 2 N–H and O–H groups in total. The zero-order valence-corrected chi connectivity index (χ0v) is 14.5. The molecule has 1 rings (SSSR count). The van der Waals surface area contributed by atoms with Gasteiger partial charge >= 0.3 is 113 Å². The van der Waals surface area contributed by atoms with Gasteiger partial charge < -0.3 is 0 Å². The van der Waals surface area contributed by atoms with Crippen molar-refractivity contribution in [2.75, 3.05) is 6.61 Å². The molecule has 0 aliphatic rings. The van der Waals surface area contributed by atoms with Gasteiger partial charge in [-0.25, -0.2) is 0 Å². The van der Waals surface area contributed by atoms with E-state index < -0.39 is 17.7 Å². The van der Waals surface area contributed by atoms with E-state index in [0.29, 0.717) is 0 Å². The Bertz CT molecular complexity index is 355. The van der Waals surface area contributed by atoms with Crippen LogP contribution in [-0.2, 0) is 3.07 Å². The standard InChI is InChI=1S/C8H10N.C4H9O.CH3.ClH.Sn/c1-7(9)8-5-3-2-4-6-8;1-2-3-4-5;;;/h2-5,7H,9H2,1H3;2-4H2,1H3;1H3;1H;/q;-1;;;+2/p-1. The zero-order chi connectivity index (χ0) is 12.9. The first-order chi connectivity index (χ1) is 7.99. The molecule has 2 unspecified atom stereocenters. The van der Waals surface area contributed by atoms with Crippen molar-refractivity contribution >= 4 is 30.2 Å². The van der Waals surface area contributed by atoms with Crippen LogP contribution >= 0.6 is 8.92 Å². The SMILES string of the molecule is CCCC[O][Sn]([CH3])([Cl])[c]1ccccc1C(C)N. The Morgan fingerprint density at radius 1 is 1.41 bits per heavy atom. The van der Waals surface area contributed by atoms with Crippen molar-refractivity contribution in [3.63, 3.8) is 0 Å². The molecule has 1 aromatic carbocycles. The Balaban J connectivity index is 2.89. The number of hydrogen-bond donors (Lipinski definition) is 1. The van der Waals surface area contributed by atoms with Crippen LogP contribution in [0.1, 0.15) is 38.3 Å². The Labute approximate surface area is 113 Å². The second-order valence-electron chi connectivity index (χ2n) is 4.49. The van der Waals surface area contributed by atoms with Crippen molar-refractivity contribution in [3.05, 3.63) is 29.8 Å². The fourth-order valence-corrected chi connectivity index (χ4v) is 8.89. The number of rotatable bonds is 6. The van der Waals surface area contributed by atoms with Crippen LogP contribution in [0.25, 0.3) is 0 Å². The molecule has 0 bridgehead atoms. The molecule has 0 saturated carbocycles. The third kappa shape index (κ3) is 4.43. The van der Waals surface area contributed by atoms with Crippen molar-refractivity contribution < 1.29 is 3.07 Å². The van der Waals surface area contributed by atoms with Gasteiger partial charge in [0.15, 0.2) is 0 Å². The molecule has 0 aromatic heterocycles. The summed E-state index contributed by atoms with van der Waals surface area (Å²) in [6.07, 6.45) is 2.20. The van der Waals surface area contributed by atoms with Crippen LogP contribution in [0.3, 0.4) is 0 Å². The van der Waals surface area contributed by atoms with Crippen molar-refractivity contribution in [2.24, 2.45) is 5.73 Å². The summed E-state index contributed by atoms with van der Waals surface area (Å²) in [4.78, 5) is 2.09. The van der Waals surface area contributed by atoms with E-state index >= 15 is 0 Å². The monoisotopic (exact) mass is 363 g/mol. The molecular weight excluding hydrogens is 340 g/mol. The topological polar surface area (TPSA) is 35.2 Å². The molecule has 2 nitrogen and oxygen atoms in total. The van der Waals surface area contributed by atoms with Gasteiger partial charge in [-0.15, -0.1) is 0 Å². The molecular formula is C13H22ClNOSn. The maximum absolute atomic E-state index is 6.68. The molecule has 17 heavy (non-hydrogen) atoms. The average Bonchev–Trinajstić information content (AvgIpc) is 2.29. The van der Waals surface area contributed by atoms with Gasteiger partial charge in [0.1, 0.15) is 0 Å². The number of hydrogen-bond acceptors (Lipinski definition) is 2. The van der Waals surface area contributed by atoms with Crippen molar-refractivity contribution in [1.82, 2.24) is 0 Å². The van der Waals surface area contributed by atoms with E-state index in [4.69, 9.17) is 17.7 Å². The molecule has 96 valence electrons. The quantitative estimate of drug-likeness (QED) is 0.624. The summed E-state index contributed by atoms with van der Waals surface area (Å²) < 4.78 is 7.14. The second-order valence-corrected chi connectivity index (χ2v) is 16.9. The molecule has 0 spiro atoms. The summed E-state index contributed by atoms with van der Waals surface area (Å²) in [5, 5.41) is 0. The number of nitrogens with two attached hydrogens (primary N) is 1. The van der Waals surface area contributed by atoms with Gasteiger partial charge in [0.2, 0.25) is 0 Å². The number of unbranched alkanes of at least 4 members (excludes halogenated alkanes) is 1. The zero-order valence-electron chi connectivity index (χ0n) is 10.9. The third-order valence-electron chi connectivity index (χ3n) is 2.80. The van der Waals surface area contributed by atoms with E-state index in [9.17, 15) is 0 Å². The van der Waals surface area contributed by atoms with Gasteiger partial charge in [0.25, 0.3) is 0 Å². The van der Waals surface area contributed by atoms with Gasteiger partial charge in [-0.3, -0.25) is 0 Å². The molecule has 2 atom stereocenters.